The van der Waals surface area contributed by atoms with Crippen LogP contribution in [-0.4, -0.2) is 24.2 Å². The van der Waals surface area contributed by atoms with Crippen LogP contribution in [0.3, 0.4) is 0 Å². The van der Waals surface area contributed by atoms with Crippen LogP contribution in [0.1, 0.15) is 53.4 Å². The van der Waals surface area contributed by atoms with E-state index >= 15 is 0 Å². The molecule has 2 N–H and O–H groups in total. The molecule has 94 valence electrons. The summed E-state index contributed by atoms with van der Waals surface area (Å²) in [5.74, 6) is 0. The highest BCUT2D eigenvalue weighted by molar-refractivity contribution is 5.11. The van der Waals surface area contributed by atoms with Crippen LogP contribution in [-0.2, 0) is 0 Å². The van der Waals surface area contributed by atoms with Crippen molar-refractivity contribution in [3.05, 3.63) is 12.2 Å². The molecule has 0 aromatic heterocycles. The summed E-state index contributed by atoms with van der Waals surface area (Å²) >= 11 is 0. The van der Waals surface area contributed by atoms with Gasteiger partial charge in [0.2, 0.25) is 0 Å². The molecule has 0 amide bonds. The van der Waals surface area contributed by atoms with Crippen molar-refractivity contribution in [1.82, 2.24) is 10.6 Å². The van der Waals surface area contributed by atoms with E-state index < -0.39 is 0 Å². The molecule has 0 aromatic rings. The third kappa shape index (κ3) is 5.66. The number of piperidine rings is 1. The van der Waals surface area contributed by atoms with E-state index in [0.717, 1.165) is 6.42 Å². The lowest BCUT2D eigenvalue weighted by atomic mass is 9.89. The Balaban J connectivity index is 0.000000181. The van der Waals surface area contributed by atoms with Crippen LogP contribution in [0, 0.1) is 0 Å². The highest BCUT2D eigenvalue weighted by atomic mass is 15.0. The van der Waals surface area contributed by atoms with E-state index in [9.17, 15) is 0 Å². The highest BCUT2D eigenvalue weighted by Gasteiger charge is 2.27. The summed E-state index contributed by atoms with van der Waals surface area (Å²) in [5.41, 5.74) is 0.458. The highest BCUT2D eigenvalue weighted by Crippen LogP contribution is 2.21. The fourth-order valence-corrected chi connectivity index (χ4v) is 2.41. The van der Waals surface area contributed by atoms with Gasteiger partial charge in [-0.15, -0.1) is 0 Å². The predicted octanol–water partition coefficient (Wildman–Crippen LogP) is 2.85. The van der Waals surface area contributed by atoms with Crippen molar-refractivity contribution >= 4 is 0 Å². The Morgan fingerprint density at radius 3 is 1.81 bits per heavy atom. The monoisotopic (exact) mass is 224 g/mol. The second kappa shape index (κ2) is 5.83. The Bertz CT molecular complexity index is 213. The molecule has 1 saturated heterocycles. The zero-order valence-corrected chi connectivity index (χ0v) is 11.4. The van der Waals surface area contributed by atoms with Crippen molar-refractivity contribution in [1.29, 1.82) is 0 Å². The van der Waals surface area contributed by atoms with Gasteiger partial charge in [0.1, 0.15) is 0 Å². The summed E-state index contributed by atoms with van der Waals surface area (Å²) in [6.45, 7) is 11.4. The maximum atomic E-state index is 3.55. The van der Waals surface area contributed by atoms with E-state index in [-0.39, 0.29) is 11.1 Å². The Labute approximate surface area is 101 Å². The molecule has 2 rings (SSSR count). The van der Waals surface area contributed by atoms with Gasteiger partial charge in [-0.1, -0.05) is 18.6 Å². The SMILES string of the molecule is C1CCNCC1.CC1(C)C=CCC(C)(C)N1. The van der Waals surface area contributed by atoms with Crippen LogP contribution >= 0.6 is 0 Å². The second-order valence-corrected chi connectivity index (χ2v) is 6.15. The molecule has 2 aliphatic heterocycles. The van der Waals surface area contributed by atoms with Crippen molar-refractivity contribution in [3.63, 3.8) is 0 Å². The number of hydrogen-bond donors (Lipinski definition) is 2. The maximum absolute atomic E-state index is 3.55. The van der Waals surface area contributed by atoms with Gasteiger partial charge in [0, 0.05) is 11.1 Å². The lowest BCUT2D eigenvalue weighted by molar-refractivity contribution is 0.291. The van der Waals surface area contributed by atoms with Crippen molar-refractivity contribution < 1.29 is 0 Å². The van der Waals surface area contributed by atoms with Gasteiger partial charge in [0.15, 0.2) is 0 Å². The van der Waals surface area contributed by atoms with Crippen LogP contribution in [0.25, 0.3) is 0 Å². The lowest BCUT2D eigenvalue weighted by Gasteiger charge is -2.38. The summed E-state index contributed by atoms with van der Waals surface area (Å²) in [6.07, 6.45) is 9.85. The van der Waals surface area contributed by atoms with Gasteiger partial charge in [-0.05, 0) is 60.0 Å². The van der Waals surface area contributed by atoms with E-state index in [2.05, 4.69) is 50.5 Å². The Morgan fingerprint density at radius 1 is 0.938 bits per heavy atom. The van der Waals surface area contributed by atoms with Gasteiger partial charge < -0.3 is 10.6 Å². The molecule has 0 saturated carbocycles. The van der Waals surface area contributed by atoms with Gasteiger partial charge in [-0.25, -0.2) is 0 Å². The number of hydrogen-bond acceptors (Lipinski definition) is 2. The molecule has 0 radical (unpaired) electrons. The first-order valence-corrected chi connectivity index (χ1v) is 6.59. The van der Waals surface area contributed by atoms with E-state index in [1.165, 1.54) is 32.4 Å². The Kier molecular flexibility index (Phi) is 5.00. The summed E-state index contributed by atoms with van der Waals surface area (Å²) in [6, 6.07) is 0. The van der Waals surface area contributed by atoms with Gasteiger partial charge >= 0.3 is 0 Å². The molecule has 2 nitrogen and oxygen atoms in total. The molecule has 2 aliphatic rings. The zero-order chi connectivity index (χ0) is 12.1. The molecule has 0 spiro atoms. The topological polar surface area (TPSA) is 24.1 Å². The summed E-state index contributed by atoms with van der Waals surface area (Å²) in [5, 5.41) is 6.83. The smallest absolute Gasteiger partial charge is 0.0311 e. The van der Waals surface area contributed by atoms with E-state index in [1.807, 2.05) is 0 Å². The van der Waals surface area contributed by atoms with Crippen molar-refractivity contribution in [2.75, 3.05) is 13.1 Å². The molecule has 0 aliphatic carbocycles. The first kappa shape index (κ1) is 13.7. The fourth-order valence-electron chi connectivity index (χ4n) is 2.41. The average molecular weight is 224 g/mol. The van der Waals surface area contributed by atoms with Crippen LogP contribution in [0.2, 0.25) is 0 Å². The standard InChI is InChI=1S/C9H17N.C5H11N/c1-8(2)6-5-7-9(3,4)10-8;1-2-4-6-5-3-1/h5-6,10H,7H2,1-4H3;6H,1-5H2. The first-order chi connectivity index (χ1) is 7.41. The Morgan fingerprint density at radius 2 is 1.56 bits per heavy atom. The molecule has 0 unspecified atom stereocenters. The van der Waals surface area contributed by atoms with Crippen LogP contribution in [0.4, 0.5) is 0 Å². The van der Waals surface area contributed by atoms with E-state index in [0.29, 0.717) is 0 Å². The molecule has 0 bridgehead atoms. The zero-order valence-electron chi connectivity index (χ0n) is 11.4. The summed E-state index contributed by atoms with van der Waals surface area (Å²) in [7, 11) is 0. The molecular formula is C14H28N2. The Hall–Kier alpha value is -0.340. The van der Waals surface area contributed by atoms with Gasteiger partial charge in [-0.3, -0.25) is 0 Å². The van der Waals surface area contributed by atoms with E-state index in [1.54, 1.807) is 0 Å². The number of nitrogens with one attached hydrogen (secondary N) is 2. The lowest BCUT2D eigenvalue weighted by Crippen LogP contribution is -2.52. The summed E-state index contributed by atoms with van der Waals surface area (Å²) < 4.78 is 0. The maximum Gasteiger partial charge on any atom is 0.0311 e. The minimum atomic E-state index is 0.182. The van der Waals surface area contributed by atoms with Gasteiger partial charge in [-0.2, -0.15) is 0 Å². The molecule has 0 atom stereocenters. The second-order valence-electron chi connectivity index (χ2n) is 6.15. The van der Waals surface area contributed by atoms with Crippen molar-refractivity contribution in [3.8, 4) is 0 Å². The minimum Gasteiger partial charge on any atom is -0.317 e. The molecule has 16 heavy (non-hydrogen) atoms. The van der Waals surface area contributed by atoms with Crippen LogP contribution in [0.15, 0.2) is 12.2 Å². The third-order valence-corrected chi connectivity index (χ3v) is 3.03. The summed E-state index contributed by atoms with van der Waals surface area (Å²) in [4.78, 5) is 0. The number of rotatable bonds is 0. The molecule has 0 aromatic carbocycles. The van der Waals surface area contributed by atoms with Gasteiger partial charge in [0.05, 0.1) is 0 Å². The first-order valence-electron chi connectivity index (χ1n) is 6.59. The van der Waals surface area contributed by atoms with E-state index in [4.69, 9.17) is 0 Å². The fraction of sp³-hybridized carbons (Fsp3) is 0.857. The quantitative estimate of drug-likeness (QED) is 0.618. The van der Waals surface area contributed by atoms with Crippen molar-refractivity contribution in [2.45, 2.75) is 64.5 Å². The third-order valence-electron chi connectivity index (χ3n) is 3.03. The largest absolute Gasteiger partial charge is 0.317 e. The molecule has 2 heteroatoms. The average Bonchev–Trinajstić information content (AvgIpc) is 2.17. The molecular weight excluding hydrogens is 196 g/mol. The van der Waals surface area contributed by atoms with Crippen LogP contribution in [0.5, 0.6) is 0 Å². The van der Waals surface area contributed by atoms with Crippen molar-refractivity contribution in [2.24, 2.45) is 0 Å². The minimum absolute atomic E-state index is 0.182. The van der Waals surface area contributed by atoms with Gasteiger partial charge in [0.25, 0.3) is 0 Å². The molecule has 1 fully saturated rings. The normalized spacial score (nSPS) is 26.8. The van der Waals surface area contributed by atoms with Crippen LogP contribution < -0.4 is 10.6 Å². The predicted molar refractivity (Wildman–Crippen MR) is 71.8 cm³/mol. The molecule has 2 heterocycles.